The van der Waals surface area contributed by atoms with E-state index in [1.54, 1.807) is 13.2 Å². The van der Waals surface area contributed by atoms with E-state index in [0.717, 1.165) is 19.0 Å². The monoisotopic (exact) mass is 433 g/mol. The van der Waals surface area contributed by atoms with Gasteiger partial charge in [0.25, 0.3) is 5.89 Å². The maximum absolute atomic E-state index is 5.30. The summed E-state index contributed by atoms with van der Waals surface area (Å²) >= 11 is 0. The summed E-state index contributed by atoms with van der Waals surface area (Å²) in [6.45, 7) is 4.86. The molecule has 8 heteroatoms. The van der Waals surface area contributed by atoms with Crippen LogP contribution in [-0.4, -0.2) is 52.7 Å². The Balaban J connectivity index is 1.19. The van der Waals surface area contributed by atoms with E-state index in [-0.39, 0.29) is 0 Å². The van der Waals surface area contributed by atoms with Crippen molar-refractivity contribution in [1.82, 2.24) is 30.7 Å². The third kappa shape index (κ3) is 6.37. The van der Waals surface area contributed by atoms with Crippen LogP contribution in [-0.2, 0) is 19.5 Å². The SMILES string of the molecule is CN=C(NCCc1noc(-c2ccccn2)n1)NCc1ccc(CN2CCCCC2)cc1. The van der Waals surface area contributed by atoms with Crippen molar-refractivity contribution in [3.05, 3.63) is 65.6 Å². The third-order valence-corrected chi connectivity index (χ3v) is 5.55. The van der Waals surface area contributed by atoms with Crippen LogP contribution >= 0.6 is 0 Å². The second-order valence-corrected chi connectivity index (χ2v) is 7.99. The Labute approximate surface area is 189 Å². The lowest BCUT2D eigenvalue weighted by Gasteiger charge is -2.26. The molecule has 1 saturated heterocycles. The van der Waals surface area contributed by atoms with Crippen molar-refractivity contribution in [2.24, 2.45) is 4.99 Å². The molecule has 0 amide bonds. The van der Waals surface area contributed by atoms with Gasteiger partial charge in [0.05, 0.1) is 0 Å². The summed E-state index contributed by atoms with van der Waals surface area (Å²) in [6, 6.07) is 14.4. The fraction of sp³-hybridized carbons (Fsp3) is 0.417. The molecular formula is C24H31N7O. The lowest BCUT2D eigenvalue weighted by atomic mass is 10.1. The number of nitrogens with zero attached hydrogens (tertiary/aromatic N) is 5. The second kappa shape index (κ2) is 11.4. The molecule has 1 aliphatic rings. The predicted octanol–water partition coefficient (Wildman–Crippen LogP) is 3.03. The smallest absolute Gasteiger partial charge is 0.276 e. The third-order valence-electron chi connectivity index (χ3n) is 5.55. The molecule has 2 N–H and O–H groups in total. The second-order valence-electron chi connectivity index (χ2n) is 7.99. The number of likely N-dealkylation sites (tertiary alicyclic amines) is 1. The zero-order valence-electron chi connectivity index (χ0n) is 18.6. The normalized spacial score (nSPS) is 15.0. The van der Waals surface area contributed by atoms with Crippen molar-refractivity contribution >= 4 is 5.96 Å². The Morgan fingerprint density at radius 2 is 1.84 bits per heavy atom. The molecule has 0 radical (unpaired) electrons. The first-order chi connectivity index (χ1) is 15.8. The molecular weight excluding hydrogens is 402 g/mol. The molecule has 0 bridgehead atoms. The summed E-state index contributed by atoms with van der Waals surface area (Å²) < 4.78 is 5.30. The molecule has 1 aliphatic heterocycles. The van der Waals surface area contributed by atoms with E-state index in [4.69, 9.17) is 4.52 Å². The van der Waals surface area contributed by atoms with Gasteiger partial charge in [-0.15, -0.1) is 0 Å². The van der Waals surface area contributed by atoms with E-state index >= 15 is 0 Å². The van der Waals surface area contributed by atoms with Crippen LogP contribution in [0.4, 0.5) is 0 Å². The van der Waals surface area contributed by atoms with Gasteiger partial charge < -0.3 is 15.2 Å². The molecule has 3 aromatic rings. The summed E-state index contributed by atoms with van der Waals surface area (Å²) in [6.07, 6.45) is 6.36. The lowest BCUT2D eigenvalue weighted by molar-refractivity contribution is 0.221. The number of hydrogen-bond acceptors (Lipinski definition) is 6. The molecule has 168 valence electrons. The van der Waals surface area contributed by atoms with Gasteiger partial charge >= 0.3 is 0 Å². The highest BCUT2D eigenvalue weighted by Crippen LogP contribution is 2.14. The van der Waals surface area contributed by atoms with Gasteiger partial charge in [0.15, 0.2) is 11.8 Å². The fourth-order valence-electron chi connectivity index (χ4n) is 3.79. The van der Waals surface area contributed by atoms with Crippen LogP contribution in [0.15, 0.2) is 58.2 Å². The van der Waals surface area contributed by atoms with Crippen molar-refractivity contribution in [3.63, 3.8) is 0 Å². The average Bonchev–Trinajstić information content (AvgIpc) is 3.32. The quantitative estimate of drug-likeness (QED) is 0.417. The number of nitrogens with one attached hydrogen (secondary N) is 2. The van der Waals surface area contributed by atoms with Crippen molar-refractivity contribution < 1.29 is 4.52 Å². The highest BCUT2D eigenvalue weighted by molar-refractivity contribution is 5.79. The largest absolute Gasteiger partial charge is 0.356 e. The molecule has 32 heavy (non-hydrogen) atoms. The molecule has 3 heterocycles. The van der Waals surface area contributed by atoms with E-state index in [2.05, 4.69) is 59.9 Å². The van der Waals surface area contributed by atoms with Crippen molar-refractivity contribution in [1.29, 1.82) is 0 Å². The van der Waals surface area contributed by atoms with Crippen LogP contribution in [0.5, 0.6) is 0 Å². The maximum Gasteiger partial charge on any atom is 0.276 e. The Bertz CT molecular complexity index is 979. The predicted molar refractivity (Wildman–Crippen MR) is 125 cm³/mol. The number of benzene rings is 1. The topological polar surface area (TPSA) is 91.5 Å². The molecule has 0 saturated carbocycles. The number of rotatable bonds is 8. The van der Waals surface area contributed by atoms with Crippen LogP contribution in [0.1, 0.15) is 36.2 Å². The summed E-state index contributed by atoms with van der Waals surface area (Å²) in [7, 11) is 1.77. The zero-order chi connectivity index (χ0) is 22.0. The number of piperidine rings is 1. The number of guanidine groups is 1. The first kappa shape index (κ1) is 22.0. The van der Waals surface area contributed by atoms with Gasteiger partial charge in [0.1, 0.15) is 5.69 Å². The molecule has 0 spiro atoms. The Hall–Kier alpha value is -3.26. The lowest BCUT2D eigenvalue weighted by Crippen LogP contribution is -2.37. The molecule has 2 aromatic heterocycles. The highest BCUT2D eigenvalue weighted by Gasteiger charge is 2.11. The van der Waals surface area contributed by atoms with Gasteiger partial charge in [0, 0.05) is 39.3 Å². The van der Waals surface area contributed by atoms with Crippen LogP contribution in [0.25, 0.3) is 11.6 Å². The first-order valence-corrected chi connectivity index (χ1v) is 11.3. The summed E-state index contributed by atoms with van der Waals surface area (Å²) in [4.78, 5) is 15.5. The molecule has 0 atom stereocenters. The van der Waals surface area contributed by atoms with E-state index in [9.17, 15) is 0 Å². The first-order valence-electron chi connectivity index (χ1n) is 11.3. The number of pyridine rings is 1. The molecule has 1 aromatic carbocycles. The van der Waals surface area contributed by atoms with Crippen LogP contribution < -0.4 is 10.6 Å². The minimum Gasteiger partial charge on any atom is -0.356 e. The summed E-state index contributed by atoms with van der Waals surface area (Å²) in [5.41, 5.74) is 3.29. The maximum atomic E-state index is 5.30. The number of aliphatic imine (C=N–C) groups is 1. The van der Waals surface area contributed by atoms with Crippen molar-refractivity contribution in [2.45, 2.75) is 38.8 Å². The van der Waals surface area contributed by atoms with Gasteiger partial charge in [-0.05, 0) is 49.2 Å². The van der Waals surface area contributed by atoms with Gasteiger partial charge in [-0.2, -0.15) is 4.98 Å². The standard InChI is InChI=1S/C24H31N7O/c1-25-24(27-14-12-22-29-23(32-30-22)21-7-3-4-13-26-21)28-17-19-8-10-20(11-9-19)18-31-15-5-2-6-16-31/h3-4,7-11,13H,2,5-6,12,14-18H2,1H3,(H2,25,27,28). The van der Waals surface area contributed by atoms with Gasteiger partial charge in [-0.1, -0.05) is 41.9 Å². The van der Waals surface area contributed by atoms with Gasteiger partial charge in [-0.25, -0.2) is 0 Å². The number of aromatic nitrogens is 3. The summed E-state index contributed by atoms with van der Waals surface area (Å²) in [5.74, 6) is 1.82. The van der Waals surface area contributed by atoms with E-state index in [0.29, 0.717) is 30.4 Å². The van der Waals surface area contributed by atoms with Crippen LogP contribution in [0, 0.1) is 0 Å². The molecule has 4 rings (SSSR count). The van der Waals surface area contributed by atoms with E-state index < -0.39 is 0 Å². The van der Waals surface area contributed by atoms with Crippen LogP contribution in [0.2, 0.25) is 0 Å². The minimum atomic E-state index is 0.437. The van der Waals surface area contributed by atoms with E-state index in [1.165, 1.54) is 43.5 Å². The Kier molecular flexibility index (Phi) is 7.81. The van der Waals surface area contributed by atoms with E-state index in [1.807, 2.05) is 18.2 Å². The van der Waals surface area contributed by atoms with Crippen molar-refractivity contribution in [3.8, 4) is 11.6 Å². The Morgan fingerprint density at radius 3 is 2.59 bits per heavy atom. The zero-order valence-corrected chi connectivity index (χ0v) is 18.6. The molecule has 8 nitrogen and oxygen atoms in total. The average molecular weight is 434 g/mol. The van der Waals surface area contributed by atoms with Gasteiger partial charge in [-0.3, -0.25) is 14.9 Å². The molecule has 0 aliphatic carbocycles. The fourth-order valence-corrected chi connectivity index (χ4v) is 3.79. The van der Waals surface area contributed by atoms with Crippen molar-refractivity contribution in [2.75, 3.05) is 26.7 Å². The molecule has 0 unspecified atom stereocenters. The Morgan fingerprint density at radius 1 is 1.03 bits per heavy atom. The summed E-state index contributed by atoms with van der Waals surface area (Å²) in [5, 5.41) is 10.7. The molecule has 1 fully saturated rings. The van der Waals surface area contributed by atoms with Gasteiger partial charge in [0.2, 0.25) is 0 Å². The van der Waals surface area contributed by atoms with Crippen LogP contribution in [0.3, 0.4) is 0 Å². The number of hydrogen-bond donors (Lipinski definition) is 2. The highest BCUT2D eigenvalue weighted by atomic mass is 16.5. The minimum absolute atomic E-state index is 0.437.